The van der Waals surface area contributed by atoms with E-state index >= 15 is 0 Å². The van der Waals surface area contributed by atoms with Crippen molar-refractivity contribution in [2.75, 3.05) is 32.9 Å². The van der Waals surface area contributed by atoms with Crippen molar-refractivity contribution < 1.29 is 8.42 Å². The summed E-state index contributed by atoms with van der Waals surface area (Å²) >= 11 is 1.57. The molecule has 1 heterocycles. The fourth-order valence-electron chi connectivity index (χ4n) is 2.70. The molecule has 1 N–H and O–H groups in total. The summed E-state index contributed by atoms with van der Waals surface area (Å²) in [7, 11) is -1.38. The highest BCUT2D eigenvalue weighted by Gasteiger charge is 2.29. The van der Waals surface area contributed by atoms with Gasteiger partial charge in [0.05, 0.1) is 4.90 Å². The number of sulfonamides is 1. The van der Waals surface area contributed by atoms with Crippen molar-refractivity contribution in [3.63, 3.8) is 0 Å². The second-order valence-electron chi connectivity index (χ2n) is 5.42. The van der Waals surface area contributed by atoms with Gasteiger partial charge in [-0.15, -0.1) is 11.8 Å². The van der Waals surface area contributed by atoms with Crippen LogP contribution in [-0.4, -0.2) is 45.7 Å². The van der Waals surface area contributed by atoms with Crippen LogP contribution in [0.4, 0.5) is 0 Å². The van der Waals surface area contributed by atoms with E-state index in [0.717, 1.165) is 30.7 Å². The van der Waals surface area contributed by atoms with Gasteiger partial charge in [0, 0.05) is 18.0 Å². The molecule has 1 fully saturated rings. The normalized spacial score (nSPS) is 18.0. The maximum Gasteiger partial charge on any atom is 0.243 e. The number of benzene rings is 1. The SMILES string of the molecule is CNCCC1CCN(S(=O)(=O)c2cccc(SC)c2)CC1. The van der Waals surface area contributed by atoms with Crippen molar-refractivity contribution in [3.8, 4) is 0 Å². The minimum atomic E-state index is -3.33. The molecule has 0 amide bonds. The Hall–Kier alpha value is -0.560. The van der Waals surface area contributed by atoms with Crippen LogP contribution in [0.2, 0.25) is 0 Å². The topological polar surface area (TPSA) is 49.4 Å². The molecule has 1 saturated heterocycles. The average Bonchev–Trinajstić information content (AvgIpc) is 2.53. The van der Waals surface area contributed by atoms with Crippen molar-refractivity contribution in [2.45, 2.75) is 29.1 Å². The lowest BCUT2D eigenvalue weighted by molar-refractivity contribution is 0.263. The molecular formula is C15H24N2O2S2. The van der Waals surface area contributed by atoms with Gasteiger partial charge >= 0.3 is 0 Å². The van der Waals surface area contributed by atoms with E-state index in [0.29, 0.717) is 23.9 Å². The molecule has 0 aromatic heterocycles. The van der Waals surface area contributed by atoms with Crippen LogP contribution >= 0.6 is 11.8 Å². The monoisotopic (exact) mass is 328 g/mol. The lowest BCUT2D eigenvalue weighted by Crippen LogP contribution is -2.38. The molecule has 0 aliphatic carbocycles. The standard InChI is InChI=1S/C15H24N2O2S2/c1-16-9-6-13-7-10-17(11-8-13)21(18,19)15-5-3-4-14(12-15)20-2/h3-5,12-13,16H,6-11H2,1-2H3. The van der Waals surface area contributed by atoms with E-state index in [1.54, 1.807) is 28.2 Å². The molecule has 21 heavy (non-hydrogen) atoms. The maximum absolute atomic E-state index is 12.7. The summed E-state index contributed by atoms with van der Waals surface area (Å²) in [6, 6.07) is 7.22. The van der Waals surface area contributed by atoms with Gasteiger partial charge in [-0.1, -0.05) is 6.07 Å². The van der Waals surface area contributed by atoms with Crippen LogP contribution in [0, 0.1) is 5.92 Å². The van der Waals surface area contributed by atoms with Gasteiger partial charge in [0.1, 0.15) is 0 Å². The number of nitrogens with one attached hydrogen (secondary N) is 1. The van der Waals surface area contributed by atoms with Crippen molar-refractivity contribution >= 4 is 21.8 Å². The van der Waals surface area contributed by atoms with Crippen molar-refractivity contribution in [3.05, 3.63) is 24.3 Å². The summed E-state index contributed by atoms with van der Waals surface area (Å²) in [5.41, 5.74) is 0. The molecule has 0 spiro atoms. The largest absolute Gasteiger partial charge is 0.320 e. The molecule has 1 aromatic rings. The summed E-state index contributed by atoms with van der Waals surface area (Å²) in [6.45, 7) is 2.29. The number of rotatable bonds is 6. The quantitative estimate of drug-likeness (QED) is 0.815. The number of hydrogen-bond donors (Lipinski definition) is 1. The van der Waals surface area contributed by atoms with Gasteiger partial charge in [0.15, 0.2) is 0 Å². The molecule has 1 aliphatic rings. The first-order valence-electron chi connectivity index (χ1n) is 7.36. The average molecular weight is 329 g/mol. The molecule has 4 nitrogen and oxygen atoms in total. The third-order valence-corrected chi connectivity index (χ3v) is 6.68. The molecule has 0 atom stereocenters. The Morgan fingerprint density at radius 3 is 2.67 bits per heavy atom. The molecular weight excluding hydrogens is 304 g/mol. The van der Waals surface area contributed by atoms with E-state index in [4.69, 9.17) is 0 Å². The highest BCUT2D eigenvalue weighted by atomic mass is 32.2. The summed E-state index contributed by atoms with van der Waals surface area (Å²) in [5, 5.41) is 3.16. The van der Waals surface area contributed by atoms with Gasteiger partial charge in [-0.2, -0.15) is 4.31 Å². The Balaban J connectivity index is 2.04. The van der Waals surface area contributed by atoms with Crippen molar-refractivity contribution in [1.82, 2.24) is 9.62 Å². The first-order valence-corrected chi connectivity index (χ1v) is 10.0. The lowest BCUT2D eigenvalue weighted by Gasteiger charge is -2.31. The number of thioether (sulfide) groups is 1. The molecule has 1 aromatic carbocycles. The fourth-order valence-corrected chi connectivity index (χ4v) is 4.75. The molecule has 0 saturated carbocycles. The molecule has 0 radical (unpaired) electrons. The van der Waals surface area contributed by atoms with Crippen LogP contribution in [0.15, 0.2) is 34.1 Å². The Bertz CT molecular complexity index is 553. The van der Waals surface area contributed by atoms with Gasteiger partial charge in [0.2, 0.25) is 10.0 Å². The maximum atomic E-state index is 12.7. The van der Waals surface area contributed by atoms with Crippen LogP contribution in [-0.2, 0) is 10.0 Å². The minimum Gasteiger partial charge on any atom is -0.320 e. The van der Waals surface area contributed by atoms with Crippen molar-refractivity contribution in [1.29, 1.82) is 0 Å². The number of hydrogen-bond acceptors (Lipinski definition) is 4. The highest BCUT2D eigenvalue weighted by molar-refractivity contribution is 7.98. The van der Waals surface area contributed by atoms with E-state index < -0.39 is 10.0 Å². The molecule has 0 unspecified atom stereocenters. The third-order valence-electron chi connectivity index (χ3n) is 4.06. The summed E-state index contributed by atoms with van der Waals surface area (Å²) in [5.74, 6) is 0.640. The highest BCUT2D eigenvalue weighted by Crippen LogP contribution is 2.27. The summed E-state index contributed by atoms with van der Waals surface area (Å²) in [6.07, 6.45) is 5.01. The van der Waals surface area contributed by atoms with E-state index in [1.165, 1.54) is 0 Å². The zero-order valence-corrected chi connectivity index (χ0v) is 14.3. The van der Waals surface area contributed by atoms with Gasteiger partial charge in [-0.3, -0.25) is 0 Å². The Labute approximate surface area is 132 Å². The van der Waals surface area contributed by atoms with Crippen LogP contribution < -0.4 is 5.32 Å². The second-order valence-corrected chi connectivity index (χ2v) is 8.24. The van der Waals surface area contributed by atoms with E-state index in [2.05, 4.69) is 5.32 Å². The van der Waals surface area contributed by atoms with Gasteiger partial charge in [0.25, 0.3) is 0 Å². The number of nitrogens with zero attached hydrogens (tertiary/aromatic N) is 1. The summed E-state index contributed by atoms with van der Waals surface area (Å²) < 4.78 is 27.0. The van der Waals surface area contributed by atoms with Crippen LogP contribution in [0.3, 0.4) is 0 Å². The van der Waals surface area contributed by atoms with Crippen LogP contribution in [0.1, 0.15) is 19.3 Å². The predicted molar refractivity (Wildman–Crippen MR) is 88.2 cm³/mol. The minimum absolute atomic E-state index is 0.419. The van der Waals surface area contributed by atoms with E-state index in [-0.39, 0.29) is 0 Å². The summed E-state index contributed by atoms with van der Waals surface area (Å²) in [4.78, 5) is 1.41. The van der Waals surface area contributed by atoms with E-state index in [9.17, 15) is 8.42 Å². The Morgan fingerprint density at radius 2 is 2.05 bits per heavy atom. The first kappa shape index (κ1) is 16.8. The molecule has 1 aliphatic heterocycles. The van der Waals surface area contributed by atoms with Crippen LogP contribution in [0.5, 0.6) is 0 Å². The zero-order valence-electron chi connectivity index (χ0n) is 12.7. The first-order chi connectivity index (χ1) is 10.1. The number of piperidine rings is 1. The molecule has 0 bridgehead atoms. The molecule has 6 heteroatoms. The van der Waals surface area contributed by atoms with Crippen LogP contribution in [0.25, 0.3) is 0 Å². The predicted octanol–water partition coefficient (Wildman–Crippen LogP) is 2.42. The smallest absolute Gasteiger partial charge is 0.243 e. The third kappa shape index (κ3) is 4.22. The van der Waals surface area contributed by atoms with Gasteiger partial charge < -0.3 is 5.32 Å². The Morgan fingerprint density at radius 1 is 1.33 bits per heavy atom. The van der Waals surface area contributed by atoms with E-state index in [1.807, 2.05) is 25.4 Å². The molecule has 2 rings (SSSR count). The lowest BCUT2D eigenvalue weighted by atomic mass is 9.95. The van der Waals surface area contributed by atoms with Gasteiger partial charge in [-0.05, 0) is 63.2 Å². The van der Waals surface area contributed by atoms with Crippen molar-refractivity contribution in [2.24, 2.45) is 5.92 Å². The zero-order chi connectivity index (χ0) is 15.3. The second kappa shape index (κ2) is 7.63. The van der Waals surface area contributed by atoms with Gasteiger partial charge in [-0.25, -0.2) is 8.42 Å². The molecule has 118 valence electrons. The Kier molecular flexibility index (Phi) is 6.10. The fraction of sp³-hybridized carbons (Fsp3) is 0.600.